The molecule has 1 aromatic carbocycles. The topological polar surface area (TPSA) is 55.1 Å². The minimum atomic E-state index is -0.243. The molecule has 0 spiro atoms. The highest BCUT2D eigenvalue weighted by atomic mass is 16.1. The summed E-state index contributed by atoms with van der Waals surface area (Å²) >= 11 is 0. The maximum Gasteiger partial charge on any atom is 0.240 e. The van der Waals surface area contributed by atoms with Gasteiger partial charge in [0.25, 0.3) is 0 Å². The van der Waals surface area contributed by atoms with Crippen LogP contribution in [0.25, 0.3) is 0 Å². The maximum atomic E-state index is 11.4. The number of carbonyl (C=O) groups excluding carboxylic acids is 1. The molecule has 0 heterocycles. The van der Waals surface area contributed by atoms with E-state index in [0.29, 0.717) is 5.92 Å². The van der Waals surface area contributed by atoms with Crippen LogP contribution in [-0.4, -0.2) is 11.9 Å². The second-order valence-electron chi connectivity index (χ2n) is 4.53. The van der Waals surface area contributed by atoms with Gasteiger partial charge in [-0.3, -0.25) is 4.79 Å². The van der Waals surface area contributed by atoms with Gasteiger partial charge in [0, 0.05) is 5.69 Å². The number of para-hydroxylation sites is 1. The number of amides is 1. The van der Waals surface area contributed by atoms with Crippen molar-refractivity contribution in [2.75, 3.05) is 5.32 Å². The number of hydrogen-bond donors (Lipinski definition) is 2. The normalized spacial score (nSPS) is 17.6. The van der Waals surface area contributed by atoms with Gasteiger partial charge in [-0.1, -0.05) is 24.6 Å². The molecule has 1 saturated carbocycles. The molecule has 0 bridgehead atoms. The van der Waals surface area contributed by atoms with E-state index in [1.54, 1.807) is 0 Å². The number of nitrogens with two attached hydrogens (primary N) is 1. The van der Waals surface area contributed by atoms with Gasteiger partial charge in [0.15, 0.2) is 0 Å². The van der Waals surface area contributed by atoms with Crippen LogP contribution in [0.3, 0.4) is 0 Å². The van der Waals surface area contributed by atoms with Gasteiger partial charge >= 0.3 is 0 Å². The van der Waals surface area contributed by atoms with Crippen molar-refractivity contribution in [3.05, 3.63) is 29.8 Å². The number of anilines is 1. The van der Waals surface area contributed by atoms with Crippen LogP contribution in [0.1, 0.15) is 24.8 Å². The molecule has 0 radical (unpaired) electrons. The first kappa shape index (κ1) is 11.0. The van der Waals surface area contributed by atoms with Crippen LogP contribution >= 0.6 is 0 Å². The van der Waals surface area contributed by atoms with Gasteiger partial charge in [0.1, 0.15) is 6.04 Å². The van der Waals surface area contributed by atoms with E-state index >= 15 is 0 Å². The standard InChI is InChI=1S/C13H18N2O/c1-9-5-2-3-8-11(9)15-12(13(14)16)10-6-4-7-10/h2-3,5,8,10,12,15H,4,6-7H2,1H3,(H2,14,16). The summed E-state index contributed by atoms with van der Waals surface area (Å²) in [6.07, 6.45) is 3.42. The second-order valence-corrected chi connectivity index (χ2v) is 4.53. The van der Waals surface area contributed by atoms with Crippen LogP contribution < -0.4 is 11.1 Å². The fraction of sp³-hybridized carbons (Fsp3) is 0.462. The molecule has 3 N–H and O–H groups in total. The van der Waals surface area contributed by atoms with Gasteiger partial charge in [-0.15, -0.1) is 0 Å². The third kappa shape index (κ3) is 2.18. The zero-order valence-electron chi connectivity index (χ0n) is 9.57. The average Bonchev–Trinajstić information content (AvgIpc) is 2.17. The third-order valence-electron chi connectivity index (χ3n) is 3.38. The minimum absolute atomic E-state index is 0.213. The summed E-state index contributed by atoms with van der Waals surface area (Å²) in [6, 6.07) is 7.76. The maximum absolute atomic E-state index is 11.4. The summed E-state index contributed by atoms with van der Waals surface area (Å²) in [5.41, 5.74) is 7.60. The average molecular weight is 218 g/mol. The lowest BCUT2D eigenvalue weighted by atomic mass is 9.79. The summed E-state index contributed by atoms with van der Waals surface area (Å²) in [6.45, 7) is 2.03. The van der Waals surface area contributed by atoms with E-state index in [0.717, 1.165) is 24.1 Å². The SMILES string of the molecule is Cc1ccccc1NC(C(N)=O)C1CCC1. The lowest BCUT2D eigenvalue weighted by molar-refractivity contribution is -0.120. The zero-order chi connectivity index (χ0) is 11.5. The molecule has 1 aliphatic rings. The highest BCUT2D eigenvalue weighted by Gasteiger charge is 2.31. The Bertz CT molecular complexity index is 385. The number of carbonyl (C=O) groups is 1. The summed E-state index contributed by atoms with van der Waals surface area (Å²) < 4.78 is 0. The molecular formula is C13H18N2O. The van der Waals surface area contributed by atoms with Crippen molar-refractivity contribution >= 4 is 11.6 Å². The van der Waals surface area contributed by atoms with Gasteiger partial charge in [-0.2, -0.15) is 0 Å². The van der Waals surface area contributed by atoms with Crippen LogP contribution in [0.5, 0.6) is 0 Å². The van der Waals surface area contributed by atoms with Crippen LogP contribution in [-0.2, 0) is 4.79 Å². The number of nitrogens with one attached hydrogen (secondary N) is 1. The van der Waals surface area contributed by atoms with Crippen molar-refractivity contribution in [1.29, 1.82) is 0 Å². The van der Waals surface area contributed by atoms with Crippen molar-refractivity contribution in [3.8, 4) is 0 Å². The fourth-order valence-electron chi connectivity index (χ4n) is 2.10. The Balaban J connectivity index is 2.11. The Kier molecular flexibility index (Phi) is 3.13. The molecule has 86 valence electrons. The van der Waals surface area contributed by atoms with Crippen LogP contribution in [0, 0.1) is 12.8 Å². The predicted molar refractivity (Wildman–Crippen MR) is 65.1 cm³/mol. The molecule has 1 aromatic rings. The molecule has 1 amide bonds. The first-order valence-corrected chi connectivity index (χ1v) is 5.80. The number of rotatable bonds is 4. The number of benzene rings is 1. The van der Waals surface area contributed by atoms with E-state index in [4.69, 9.17) is 5.73 Å². The number of aryl methyl sites for hydroxylation is 1. The molecule has 0 aromatic heterocycles. The largest absolute Gasteiger partial charge is 0.373 e. The van der Waals surface area contributed by atoms with Crippen molar-refractivity contribution in [1.82, 2.24) is 0 Å². The Morgan fingerprint density at radius 1 is 1.44 bits per heavy atom. The van der Waals surface area contributed by atoms with Gasteiger partial charge in [-0.05, 0) is 37.3 Å². The summed E-state index contributed by atoms with van der Waals surface area (Å²) in [5, 5.41) is 3.27. The van der Waals surface area contributed by atoms with Crippen LogP contribution in [0.2, 0.25) is 0 Å². The van der Waals surface area contributed by atoms with E-state index in [2.05, 4.69) is 5.32 Å². The first-order valence-electron chi connectivity index (χ1n) is 5.80. The highest BCUT2D eigenvalue weighted by Crippen LogP contribution is 2.31. The fourth-order valence-corrected chi connectivity index (χ4v) is 2.10. The number of hydrogen-bond acceptors (Lipinski definition) is 2. The molecule has 1 unspecified atom stereocenters. The lowest BCUT2D eigenvalue weighted by Crippen LogP contribution is -2.44. The molecule has 3 heteroatoms. The van der Waals surface area contributed by atoms with Crippen molar-refractivity contribution in [2.45, 2.75) is 32.2 Å². The predicted octanol–water partition coefficient (Wildman–Crippen LogP) is 2.06. The summed E-state index contributed by atoms with van der Waals surface area (Å²) in [5.74, 6) is 0.171. The Labute approximate surface area is 96.0 Å². The summed E-state index contributed by atoms with van der Waals surface area (Å²) in [7, 11) is 0. The molecular weight excluding hydrogens is 200 g/mol. The zero-order valence-corrected chi connectivity index (χ0v) is 9.57. The van der Waals surface area contributed by atoms with Crippen molar-refractivity contribution < 1.29 is 4.79 Å². The quantitative estimate of drug-likeness (QED) is 0.812. The summed E-state index contributed by atoms with van der Waals surface area (Å²) in [4.78, 5) is 11.4. The Morgan fingerprint density at radius 2 is 2.12 bits per heavy atom. The highest BCUT2D eigenvalue weighted by molar-refractivity contribution is 5.83. The van der Waals surface area contributed by atoms with Gasteiger partial charge in [-0.25, -0.2) is 0 Å². The van der Waals surface area contributed by atoms with Gasteiger partial charge in [0.05, 0.1) is 0 Å². The van der Waals surface area contributed by atoms with E-state index in [1.807, 2.05) is 31.2 Å². The monoisotopic (exact) mass is 218 g/mol. The molecule has 1 aliphatic carbocycles. The molecule has 0 aliphatic heterocycles. The van der Waals surface area contributed by atoms with E-state index in [-0.39, 0.29) is 11.9 Å². The van der Waals surface area contributed by atoms with Crippen molar-refractivity contribution in [2.24, 2.45) is 11.7 Å². The molecule has 3 nitrogen and oxygen atoms in total. The van der Waals surface area contributed by atoms with Crippen molar-refractivity contribution in [3.63, 3.8) is 0 Å². The molecule has 1 fully saturated rings. The van der Waals surface area contributed by atoms with Crippen LogP contribution in [0.4, 0.5) is 5.69 Å². The number of primary amides is 1. The smallest absolute Gasteiger partial charge is 0.240 e. The lowest BCUT2D eigenvalue weighted by Gasteiger charge is -2.33. The van der Waals surface area contributed by atoms with Gasteiger partial charge < -0.3 is 11.1 Å². The second kappa shape index (κ2) is 4.56. The Hall–Kier alpha value is -1.51. The minimum Gasteiger partial charge on any atom is -0.373 e. The first-order chi connectivity index (χ1) is 7.68. The van der Waals surface area contributed by atoms with Gasteiger partial charge in [0.2, 0.25) is 5.91 Å². The third-order valence-corrected chi connectivity index (χ3v) is 3.38. The molecule has 16 heavy (non-hydrogen) atoms. The molecule has 2 rings (SSSR count). The Morgan fingerprint density at radius 3 is 2.62 bits per heavy atom. The molecule has 0 saturated heterocycles. The van der Waals surface area contributed by atoms with E-state index in [1.165, 1.54) is 6.42 Å². The van der Waals surface area contributed by atoms with Crippen LogP contribution in [0.15, 0.2) is 24.3 Å². The van der Waals surface area contributed by atoms with E-state index < -0.39 is 0 Å². The molecule has 1 atom stereocenters. The van der Waals surface area contributed by atoms with E-state index in [9.17, 15) is 4.79 Å².